The number of hydrogen-bond acceptors (Lipinski definition) is 5. The number of hydrogen-bond donors (Lipinski definition) is 2. The number of ether oxygens (including phenoxy) is 2. The Hall–Kier alpha value is -1.43. The van der Waals surface area contributed by atoms with Gasteiger partial charge in [0.25, 0.3) is 0 Å². The molecule has 3 rings (SSSR count). The molecule has 3 fully saturated rings. The lowest BCUT2D eigenvalue weighted by atomic mass is 9.62. The zero-order valence-corrected chi connectivity index (χ0v) is 20.5. The van der Waals surface area contributed by atoms with Crippen LogP contribution in [0.5, 0.6) is 0 Å². The largest absolute Gasteiger partial charge is 0.458 e. The van der Waals surface area contributed by atoms with Gasteiger partial charge in [-0.25, -0.2) is 4.79 Å². The van der Waals surface area contributed by atoms with Crippen LogP contribution in [0.25, 0.3) is 0 Å². The van der Waals surface area contributed by atoms with Crippen LogP contribution < -0.4 is 0 Å². The molecule has 0 saturated heterocycles. The van der Waals surface area contributed by atoms with Gasteiger partial charge in [0.1, 0.15) is 12.2 Å². The Balaban J connectivity index is 1.68. The van der Waals surface area contributed by atoms with Crippen LogP contribution in [-0.4, -0.2) is 46.7 Å². The van der Waals surface area contributed by atoms with E-state index in [-0.39, 0.29) is 24.1 Å². The summed E-state index contributed by atoms with van der Waals surface area (Å²) in [6.07, 6.45) is 9.68. The lowest BCUT2D eigenvalue weighted by Crippen LogP contribution is -2.39. The third kappa shape index (κ3) is 5.73. The van der Waals surface area contributed by atoms with Gasteiger partial charge in [-0.05, 0) is 94.6 Å². The van der Waals surface area contributed by atoms with Crippen molar-refractivity contribution in [3.63, 3.8) is 0 Å². The molecule has 3 saturated carbocycles. The second-order valence-corrected chi connectivity index (χ2v) is 11.3. The molecular weight excluding hydrogens is 404 g/mol. The van der Waals surface area contributed by atoms with Crippen molar-refractivity contribution in [2.24, 2.45) is 17.3 Å². The van der Waals surface area contributed by atoms with E-state index in [9.17, 15) is 15.0 Å². The molecule has 5 heteroatoms. The molecule has 32 heavy (non-hydrogen) atoms. The Kier molecular flexibility index (Phi) is 7.73. The lowest BCUT2D eigenvalue weighted by molar-refractivity contribution is -0.164. The minimum absolute atomic E-state index is 0.00126. The molecule has 0 radical (unpaired) electrons. The summed E-state index contributed by atoms with van der Waals surface area (Å²) in [5.74, 6) is 0.592. The SMILES string of the molecule is C=C1/C(=C\C=C2/CCC[C@@]3(C)C2CC[C@@H]3[C@H](C)OCC(=O)OC(C)(C)C)C[C@@H](O)C[C@@H]1O. The van der Waals surface area contributed by atoms with Gasteiger partial charge < -0.3 is 19.7 Å². The van der Waals surface area contributed by atoms with Crippen LogP contribution in [0.15, 0.2) is 35.5 Å². The van der Waals surface area contributed by atoms with Crippen LogP contribution in [0.4, 0.5) is 0 Å². The number of esters is 1. The first kappa shape index (κ1) is 25.2. The predicted octanol–water partition coefficient (Wildman–Crippen LogP) is 4.87. The maximum absolute atomic E-state index is 12.1. The minimum atomic E-state index is -0.654. The number of rotatable bonds is 5. The topological polar surface area (TPSA) is 76.0 Å². The average Bonchev–Trinajstić information content (AvgIpc) is 3.04. The standard InChI is InChI=1S/C27H42O5/c1-17-20(14-21(28)15-24(17)29)10-9-19-8-7-13-27(6)22(11-12-23(19)27)18(2)31-16-25(30)32-26(3,4)5/h9-10,18,21-24,28-29H,1,7-8,11-16H2,2-6H3/b19-9+,20-10-/t18-,21+,22+,23?,24-,27+/m0/s1. The Morgan fingerprint density at radius 3 is 2.69 bits per heavy atom. The highest BCUT2D eigenvalue weighted by atomic mass is 16.6. The molecule has 0 amide bonds. The highest BCUT2D eigenvalue weighted by Gasteiger charge is 2.51. The Bertz CT molecular complexity index is 773. The van der Waals surface area contributed by atoms with Gasteiger partial charge in [-0.1, -0.05) is 31.2 Å². The summed E-state index contributed by atoms with van der Waals surface area (Å²) in [5, 5.41) is 20.2. The zero-order chi connectivity index (χ0) is 23.7. The summed E-state index contributed by atoms with van der Waals surface area (Å²) in [5.41, 5.74) is 2.80. The average molecular weight is 447 g/mol. The fourth-order valence-corrected chi connectivity index (χ4v) is 6.20. The number of allylic oxidation sites excluding steroid dienone is 3. The lowest BCUT2D eigenvalue weighted by Gasteiger charge is -2.44. The highest BCUT2D eigenvalue weighted by molar-refractivity contribution is 5.71. The van der Waals surface area contributed by atoms with E-state index in [2.05, 4.69) is 32.6 Å². The van der Waals surface area contributed by atoms with E-state index in [1.165, 1.54) is 12.0 Å². The summed E-state index contributed by atoms with van der Waals surface area (Å²) in [7, 11) is 0. The third-order valence-electron chi connectivity index (χ3n) is 7.75. The smallest absolute Gasteiger partial charge is 0.332 e. The van der Waals surface area contributed by atoms with Crippen molar-refractivity contribution in [1.82, 2.24) is 0 Å². The quantitative estimate of drug-likeness (QED) is 0.589. The summed E-state index contributed by atoms with van der Waals surface area (Å²) in [6, 6.07) is 0. The van der Waals surface area contributed by atoms with E-state index in [0.29, 0.717) is 24.7 Å². The van der Waals surface area contributed by atoms with Crippen LogP contribution in [0.2, 0.25) is 0 Å². The molecule has 0 aliphatic heterocycles. The molecule has 3 aliphatic carbocycles. The molecule has 0 bridgehead atoms. The Morgan fingerprint density at radius 1 is 1.28 bits per heavy atom. The Morgan fingerprint density at radius 2 is 2.00 bits per heavy atom. The van der Waals surface area contributed by atoms with Crippen LogP contribution in [0.1, 0.15) is 79.6 Å². The molecule has 1 unspecified atom stereocenters. The minimum Gasteiger partial charge on any atom is -0.458 e. The maximum atomic E-state index is 12.1. The number of carbonyl (C=O) groups is 1. The summed E-state index contributed by atoms with van der Waals surface area (Å²) in [6.45, 7) is 14.1. The zero-order valence-electron chi connectivity index (χ0n) is 20.5. The van der Waals surface area contributed by atoms with Gasteiger partial charge in [-0.3, -0.25) is 0 Å². The van der Waals surface area contributed by atoms with Gasteiger partial charge in [0.15, 0.2) is 0 Å². The molecule has 180 valence electrons. The van der Waals surface area contributed by atoms with Crippen molar-refractivity contribution in [1.29, 1.82) is 0 Å². The molecule has 3 aliphatic rings. The normalized spacial score (nSPS) is 36.9. The molecule has 0 heterocycles. The van der Waals surface area contributed by atoms with Crippen molar-refractivity contribution in [3.8, 4) is 0 Å². The van der Waals surface area contributed by atoms with E-state index in [4.69, 9.17) is 9.47 Å². The van der Waals surface area contributed by atoms with Gasteiger partial charge in [-0.2, -0.15) is 0 Å². The first-order chi connectivity index (χ1) is 14.9. The second kappa shape index (κ2) is 9.82. The number of aliphatic hydroxyl groups is 2. The summed E-state index contributed by atoms with van der Waals surface area (Å²) < 4.78 is 11.4. The van der Waals surface area contributed by atoms with Crippen molar-refractivity contribution in [2.45, 2.75) is 103 Å². The van der Waals surface area contributed by atoms with Crippen LogP contribution in [-0.2, 0) is 14.3 Å². The van der Waals surface area contributed by atoms with E-state index >= 15 is 0 Å². The molecule has 0 aromatic rings. The van der Waals surface area contributed by atoms with E-state index in [1.54, 1.807) is 0 Å². The molecule has 5 nitrogen and oxygen atoms in total. The fourth-order valence-electron chi connectivity index (χ4n) is 6.20. The van der Waals surface area contributed by atoms with Crippen molar-refractivity contribution >= 4 is 5.97 Å². The number of carbonyl (C=O) groups excluding carboxylic acids is 1. The first-order valence-electron chi connectivity index (χ1n) is 12.2. The van der Waals surface area contributed by atoms with Crippen LogP contribution >= 0.6 is 0 Å². The van der Waals surface area contributed by atoms with E-state index in [0.717, 1.165) is 36.8 Å². The molecule has 2 N–H and O–H groups in total. The maximum Gasteiger partial charge on any atom is 0.332 e. The first-order valence-corrected chi connectivity index (χ1v) is 12.2. The number of aliphatic hydroxyl groups excluding tert-OH is 2. The molecule has 0 aromatic heterocycles. The molecule has 0 spiro atoms. The number of fused-ring (bicyclic) bond motifs is 1. The highest BCUT2D eigenvalue weighted by Crippen LogP contribution is 2.58. The molecule has 6 atom stereocenters. The Labute approximate surface area is 193 Å². The third-order valence-corrected chi connectivity index (χ3v) is 7.75. The molecular formula is C27H42O5. The van der Waals surface area contributed by atoms with Crippen molar-refractivity contribution in [2.75, 3.05) is 6.61 Å². The van der Waals surface area contributed by atoms with Crippen LogP contribution in [0.3, 0.4) is 0 Å². The van der Waals surface area contributed by atoms with Gasteiger partial charge >= 0.3 is 5.97 Å². The van der Waals surface area contributed by atoms with Crippen LogP contribution in [0, 0.1) is 17.3 Å². The van der Waals surface area contributed by atoms with Crippen molar-refractivity contribution in [3.05, 3.63) is 35.5 Å². The summed E-state index contributed by atoms with van der Waals surface area (Å²) in [4.78, 5) is 12.1. The van der Waals surface area contributed by atoms with Gasteiger partial charge in [-0.15, -0.1) is 0 Å². The van der Waals surface area contributed by atoms with Gasteiger partial charge in [0.05, 0.1) is 18.3 Å². The fraction of sp³-hybridized carbons (Fsp3) is 0.741. The van der Waals surface area contributed by atoms with E-state index in [1.807, 2.05) is 20.8 Å². The van der Waals surface area contributed by atoms with Gasteiger partial charge in [0, 0.05) is 6.42 Å². The van der Waals surface area contributed by atoms with E-state index < -0.39 is 17.8 Å². The summed E-state index contributed by atoms with van der Waals surface area (Å²) >= 11 is 0. The molecule has 0 aromatic carbocycles. The second-order valence-electron chi connectivity index (χ2n) is 11.3. The van der Waals surface area contributed by atoms with Crippen molar-refractivity contribution < 1.29 is 24.5 Å². The van der Waals surface area contributed by atoms with Gasteiger partial charge in [0.2, 0.25) is 0 Å². The monoisotopic (exact) mass is 446 g/mol. The predicted molar refractivity (Wildman–Crippen MR) is 126 cm³/mol.